The molecule has 2 aromatic rings. The van der Waals surface area contributed by atoms with Gasteiger partial charge in [-0.2, -0.15) is 5.26 Å². The maximum Gasteiger partial charge on any atom is 0.188 e. The Balaban J connectivity index is 2.37. The summed E-state index contributed by atoms with van der Waals surface area (Å²) in [7, 11) is 0. The van der Waals surface area contributed by atoms with E-state index in [1.807, 2.05) is 30.3 Å². The molecule has 80 valence electrons. The normalized spacial score (nSPS) is 11.1. The van der Waals surface area contributed by atoms with E-state index in [1.54, 1.807) is 20.0 Å². The van der Waals surface area contributed by atoms with E-state index in [2.05, 4.69) is 11.1 Å². The highest BCUT2D eigenvalue weighted by molar-refractivity contribution is 5.79. The standard InChI is InChI=1S/C13H12N2O/c1-13(2,9-14)16-11-5-6-12-10(8-11)4-3-7-15-12/h3-8H,1-2H3. The minimum atomic E-state index is -0.810. The van der Waals surface area contributed by atoms with Crippen molar-refractivity contribution in [1.29, 1.82) is 5.26 Å². The predicted molar refractivity (Wildman–Crippen MR) is 62.1 cm³/mol. The van der Waals surface area contributed by atoms with Crippen molar-refractivity contribution in [3.63, 3.8) is 0 Å². The fourth-order valence-corrected chi connectivity index (χ4v) is 1.43. The molecular weight excluding hydrogens is 200 g/mol. The van der Waals surface area contributed by atoms with Crippen LogP contribution in [-0.4, -0.2) is 10.6 Å². The third-order valence-electron chi connectivity index (χ3n) is 2.22. The molecule has 0 atom stereocenters. The summed E-state index contributed by atoms with van der Waals surface area (Å²) in [4.78, 5) is 4.22. The molecule has 1 aromatic heterocycles. The Morgan fingerprint density at radius 2 is 2.12 bits per heavy atom. The number of rotatable bonds is 2. The number of nitrogens with zero attached hydrogens (tertiary/aromatic N) is 2. The van der Waals surface area contributed by atoms with E-state index >= 15 is 0 Å². The number of ether oxygens (including phenoxy) is 1. The molecule has 0 saturated heterocycles. The van der Waals surface area contributed by atoms with Crippen molar-refractivity contribution < 1.29 is 4.74 Å². The monoisotopic (exact) mass is 212 g/mol. The topological polar surface area (TPSA) is 45.9 Å². The fourth-order valence-electron chi connectivity index (χ4n) is 1.43. The summed E-state index contributed by atoms with van der Waals surface area (Å²) in [6.07, 6.45) is 1.75. The minimum Gasteiger partial charge on any atom is -0.473 e. The van der Waals surface area contributed by atoms with Gasteiger partial charge in [-0.05, 0) is 38.1 Å². The van der Waals surface area contributed by atoms with Crippen LogP contribution < -0.4 is 4.74 Å². The first-order chi connectivity index (χ1) is 7.61. The molecular formula is C13H12N2O. The van der Waals surface area contributed by atoms with Gasteiger partial charge < -0.3 is 4.74 Å². The Morgan fingerprint density at radius 3 is 2.88 bits per heavy atom. The smallest absolute Gasteiger partial charge is 0.188 e. The average Bonchev–Trinajstić information content (AvgIpc) is 2.28. The molecule has 0 fully saturated rings. The second-order valence-corrected chi connectivity index (χ2v) is 4.08. The molecule has 1 aromatic carbocycles. The number of nitriles is 1. The summed E-state index contributed by atoms with van der Waals surface area (Å²) in [5, 5.41) is 9.89. The first-order valence-corrected chi connectivity index (χ1v) is 5.06. The van der Waals surface area contributed by atoms with Gasteiger partial charge in [-0.25, -0.2) is 0 Å². The summed E-state index contributed by atoms with van der Waals surface area (Å²) in [5.41, 5.74) is 0.111. The molecule has 0 spiro atoms. The van der Waals surface area contributed by atoms with Crippen LogP contribution in [0, 0.1) is 11.3 Å². The van der Waals surface area contributed by atoms with Gasteiger partial charge >= 0.3 is 0 Å². The Labute approximate surface area is 94.3 Å². The lowest BCUT2D eigenvalue weighted by Crippen LogP contribution is -2.25. The predicted octanol–water partition coefficient (Wildman–Crippen LogP) is 2.92. The number of hydrogen-bond donors (Lipinski definition) is 0. The number of hydrogen-bond acceptors (Lipinski definition) is 3. The molecule has 16 heavy (non-hydrogen) atoms. The van der Waals surface area contributed by atoms with Gasteiger partial charge in [-0.3, -0.25) is 4.98 Å². The SMILES string of the molecule is CC(C)(C#N)Oc1ccc2ncccc2c1. The van der Waals surface area contributed by atoms with Crippen molar-refractivity contribution in [1.82, 2.24) is 4.98 Å². The molecule has 3 heteroatoms. The number of benzene rings is 1. The van der Waals surface area contributed by atoms with Gasteiger partial charge in [0.25, 0.3) is 0 Å². The van der Waals surface area contributed by atoms with Gasteiger partial charge in [0.2, 0.25) is 0 Å². The molecule has 0 radical (unpaired) electrons. The van der Waals surface area contributed by atoms with Crippen molar-refractivity contribution in [2.75, 3.05) is 0 Å². The van der Waals surface area contributed by atoms with Gasteiger partial charge in [-0.1, -0.05) is 6.07 Å². The largest absolute Gasteiger partial charge is 0.473 e. The van der Waals surface area contributed by atoms with E-state index < -0.39 is 5.60 Å². The molecule has 0 amide bonds. The zero-order chi connectivity index (χ0) is 11.6. The number of pyridine rings is 1. The highest BCUT2D eigenvalue weighted by Gasteiger charge is 2.18. The molecule has 3 nitrogen and oxygen atoms in total. The highest BCUT2D eigenvalue weighted by atomic mass is 16.5. The minimum absolute atomic E-state index is 0.687. The van der Waals surface area contributed by atoms with E-state index in [0.29, 0.717) is 5.75 Å². The maximum absolute atomic E-state index is 8.88. The van der Waals surface area contributed by atoms with Crippen LogP contribution in [0.1, 0.15) is 13.8 Å². The number of fused-ring (bicyclic) bond motifs is 1. The Morgan fingerprint density at radius 1 is 1.31 bits per heavy atom. The second kappa shape index (κ2) is 3.82. The van der Waals surface area contributed by atoms with Gasteiger partial charge in [0.1, 0.15) is 11.8 Å². The quantitative estimate of drug-likeness (QED) is 0.768. The highest BCUT2D eigenvalue weighted by Crippen LogP contribution is 2.22. The third kappa shape index (κ3) is 2.12. The van der Waals surface area contributed by atoms with Crippen LogP contribution in [0.5, 0.6) is 5.75 Å². The summed E-state index contributed by atoms with van der Waals surface area (Å²) >= 11 is 0. The number of aromatic nitrogens is 1. The van der Waals surface area contributed by atoms with Gasteiger partial charge in [0.05, 0.1) is 5.52 Å². The van der Waals surface area contributed by atoms with Crippen LogP contribution in [0.15, 0.2) is 36.5 Å². The summed E-state index contributed by atoms with van der Waals surface area (Å²) in [5.74, 6) is 0.687. The van der Waals surface area contributed by atoms with Crippen molar-refractivity contribution >= 4 is 10.9 Å². The summed E-state index contributed by atoms with van der Waals surface area (Å²) in [6.45, 7) is 3.47. The van der Waals surface area contributed by atoms with Gasteiger partial charge in [0.15, 0.2) is 5.60 Å². The van der Waals surface area contributed by atoms with Crippen molar-refractivity contribution in [3.05, 3.63) is 36.5 Å². The molecule has 0 bridgehead atoms. The van der Waals surface area contributed by atoms with E-state index in [4.69, 9.17) is 10.00 Å². The van der Waals surface area contributed by atoms with Gasteiger partial charge in [0, 0.05) is 11.6 Å². The van der Waals surface area contributed by atoms with E-state index in [-0.39, 0.29) is 0 Å². The van der Waals surface area contributed by atoms with Crippen LogP contribution in [0.2, 0.25) is 0 Å². The Bertz CT molecular complexity index is 555. The van der Waals surface area contributed by atoms with E-state index in [9.17, 15) is 0 Å². The van der Waals surface area contributed by atoms with Crippen molar-refractivity contribution in [2.45, 2.75) is 19.4 Å². The van der Waals surface area contributed by atoms with Crippen LogP contribution in [0.25, 0.3) is 10.9 Å². The third-order valence-corrected chi connectivity index (χ3v) is 2.22. The summed E-state index contributed by atoms with van der Waals surface area (Å²) < 4.78 is 5.57. The molecule has 0 saturated carbocycles. The molecule has 1 heterocycles. The average molecular weight is 212 g/mol. The van der Waals surface area contributed by atoms with Gasteiger partial charge in [-0.15, -0.1) is 0 Å². The lowest BCUT2D eigenvalue weighted by atomic mass is 10.1. The lowest BCUT2D eigenvalue weighted by molar-refractivity contribution is 0.170. The molecule has 0 aliphatic rings. The Kier molecular flexibility index (Phi) is 2.49. The van der Waals surface area contributed by atoms with Crippen molar-refractivity contribution in [3.8, 4) is 11.8 Å². The first kappa shape index (κ1) is 10.4. The zero-order valence-electron chi connectivity index (χ0n) is 9.27. The second-order valence-electron chi connectivity index (χ2n) is 4.08. The van der Waals surface area contributed by atoms with Crippen LogP contribution >= 0.6 is 0 Å². The molecule has 0 N–H and O–H groups in total. The van der Waals surface area contributed by atoms with E-state index in [0.717, 1.165) is 10.9 Å². The summed E-state index contributed by atoms with van der Waals surface area (Å²) in [6, 6.07) is 11.5. The van der Waals surface area contributed by atoms with Crippen LogP contribution in [-0.2, 0) is 0 Å². The molecule has 0 unspecified atom stereocenters. The van der Waals surface area contributed by atoms with Crippen LogP contribution in [0.4, 0.5) is 0 Å². The Hall–Kier alpha value is -2.08. The lowest BCUT2D eigenvalue weighted by Gasteiger charge is -2.18. The molecule has 0 aliphatic carbocycles. The van der Waals surface area contributed by atoms with Crippen LogP contribution in [0.3, 0.4) is 0 Å². The fraction of sp³-hybridized carbons (Fsp3) is 0.231. The zero-order valence-corrected chi connectivity index (χ0v) is 9.27. The molecule has 2 rings (SSSR count). The first-order valence-electron chi connectivity index (χ1n) is 5.06. The van der Waals surface area contributed by atoms with E-state index in [1.165, 1.54) is 0 Å². The molecule has 0 aliphatic heterocycles. The van der Waals surface area contributed by atoms with Crippen molar-refractivity contribution in [2.24, 2.45) is 0 Å². The maximum atomic E-state index is 8.88.